The normalized spacial score (nSPS) is 13.3. The number of ketones is 2. The molecule has 0 fully saturated rings. The predicted molar refractivity (Wildman–Crippen MR) is 122 cm³/mol. The van der Waals surface area contributed by atoms with Crippen molar-refractivity contribution in [2.24, 2.45) is 0 Å². The molecule has 8 heteroatoms. The molecule has 0 atom stereocenters. The van der Waals surface area contributed by atoms with E-state index >= 15 is 0 Å². The average molecular weight is 440 g/mol. The Labute approximate surface area is 189 Å². The Hall–Kier alpha value is -4.46. The van der Waals surface area contributed by atoms with Crippen molar-refractivity contribution in [1.29, 1.82) is 0 Å². The van der Waals surface area contributed by atoms with Crippen LogP contribution in [0.1, 0.15) is 26.3 Å². The van der Waals surface area contributed by atoms with Crippen molar-refractivity contribution in [3.63, 3.8) is 0 Å². The van der Waals surface area contributed by atoms with E-state index in [9.17, 15) is 9.59 Å². The van der Waals surface area contributed by atoms with Crippen molar-refractivity contribution in [2.75, 3.05) is 14.2 Å². The molecule has 8 nitrogen and oxygen atoms in total. The van der Waals surface area contributed by atoms with Gasteiger partial charge in [-0.25, -0.2) is 4.68 Å². The number of hydrogen-bond acceptors (Lipinski definition) is 7. The molecule has 3 aromatic carbocycles. The van der Waals surface area contributed by atoms with Crippen LogP contribution in [0.15, 0.2) is 72.4 Å². The van der Waals surface area contributed by atoms with Crippen molar-refractivity contribution >= 4 is 28.3 Å². The minimum absolute atomic E-state index is 0.141. The Kier molecular flexibility index (Phi) is 5.10. The molecule has 4 aromatic rings. The molecule has 0 aliphatic heterocycles. The van der Waals surface area contributed by atoms with E-state index in [1.807, 2.05) is 30.3 Å². The number of benzene rings is 3. The highest BCUT2D eigenvalue weighted by Crippen LogP contribution is 2.30. The first kappa shape index (κ1) is 20.4. The molecule has 0 bridgehead atoms. The number of carbonyl (C=O) groups is 2. The van der Waals surface area contributed by atoms with Gasteiger partial charge in [-0.05, 0) is 29.8 Å². The van der Waals surface area contributed by atoms with Gasteiger partial charge in [-0.2, -0.15) is 0 Å². The van der Waals surface area contributed by atoms with Crippen LogP contribution in [0.2, 0.25) is 0 Å². The second-order valence-corrected chi connectivity index (χ2v) is 7.49. The van der Waals surface area contributed by atoms with Crippen LogP contribution in [-0.4, -0.2) is 40.8 Å². The third-order valence-electron chi connectivity index (χ3n) is 5.54. The van der Waals surface area contributed by atoms with E-state index in [4.69, 9.17) is 9.47 Å². The summed E-state index contributed by atoms with van der Waals surface area (Å²) in [7, 11) is 3.14. The van der Waals surface area contributed by atoms with E-state index in [0.717, 1.165) is 5.56 Å². The van der Waals surface area contributed by atoms with E-state index in [0.29, 0.717) is 33.7 Å². The number of carbonyl (C=O) groups excluding carboxylic acids is 2. The highest BCUT2D eigenvalue weighted by atomic mass is 16.5. The quantitative estimate of drug-likeness (QED) is 0.490. The summed E-state index contributed by atoms with van der Waals surface area (Å²) in [5, 5.41) is 11.5. The molecule has 0 amide bonds. The summed E-state index contributed by atoms with van der Waals surface area (Å²) < 4.78 is 12.1. The lowest BCUT2D eigenvalue weighted by Gasteiger charge is -2.22. The van der Waals surface area contributed by atoms with E-state index in [1.165, 1.54) is 4.68 Å². The monoisotopic (exact) mass is 440 g/mol. The molecule has 0 unspecified atom stereocenters. The number of hydrogen-bond donors (Lipinski definition) is 1. The fourth-order valence-electron chi connectivity index (χ4n) is 3.92. The Morgan fingerprint density at radius 2 is 1.48 bits per heavy atom. The predicted octanol–water partition coefficient (Wildman–Crippen LogP) is 3.49. The maximum absolute atomic E-state index is 13.5. The second-order valence-electron chi connectivity index (χ2n) is 7.49. The van der Waals surface area contributed by atoms with E-state index < -0.39 is 0 Å². The first-order valence-electron chi connectivity index (χ1n) is 10.3. The van der Waals surface area contributed by atoms with Gasteiger partial charge in [0.05, 0.1) is 19.7 Å². The van der Waals surface area contributed by atoms with Crippen LogP contribution in [-0.2, 0) is 6.54 Å². The summed E-state index contributed by atoms with van der Waals surface area (Å²) >= 11 is 0. The molecule has 0 saturated carbocycles. The SMILES string of the molecule is COc1cc(CNC2=C(n3nnc4ccccc43)C(=O)c3ccccc3C2=O)cc(OC)c1. The minimum atomic E-state index is -0.299. The number of para-hydroxylation sites is 1. The highest BCUT2D eigenvalue weighted by Gasteiger charge is 2.34. The lowest BCUT2D eigenvalue weighted by Crippen LogP contribution is -2.32. The Morgan fingerprint density at radius 3 is 2.18 bits per heavy atom. The smallest absolute Gasteiger partial charge is 0.214 e. The van der Waals surface area contributed by atoms with Crippen LogP contribution in [0.25, 0.3) is 16.7 Å². The Morgan fingerprint density at radius 1 is 0.848 bits per heavy atom. The van der Waals surface area contributed by atoms with Gasteiger partial charge in [0.1, 0.15) is 28.4 Å². The summed E-state index contributed by atoms with van der Waals surface area (Å²) in [4.78, 5) is 27.0. The van der Waals surface area contributed by atoms with Crippen LogP contribution in [0, 0.1) is 0 Å². The maximum Gasteiger partial charge on any atom is 0.214 e. The molecule has 164 valence electrons. The Balaban J connectivity index is 1.63. The van der Waals surface area contributed by atoms with Crippen molar-refractivity contribution in [3.8, 4) is 11.5 Å². The summed E-state index contributed by atoms with van der Waals surface area (Å²) in [5.74, 6) is 0.666. The zero-order chi connectivity index (χ0) is 22.9. The molecule has 1 N–H and O–H groups in total. The van der Waals surface area contributed by atoms with Crippen molar-refractivity contribution in [2.45, 2.75) is 6.54 Å². The maximum atomic E-state index is 13.5. The van der Waals surface area contributed by atoms with Gasteiger partial charge in [0.2, 0.25) is 11.6 Å². The van der Waals surface area contributed by atoms with Crippen LogP contribution < -0.4 is 14.8 Å². The fraction of sp³-hybridized carbons (Fsp3) is 0.120. The number of ether oxygens (including phenoxy) is 2. The number of rotatable bonds is 6. The lowest BCUT2D eigenvalue weighted by molar-refractivity contribution is 0.0981. The molecule has 0 saturated heterocycles. The minimum Gasteiger partial charge on any atom is -0.497 e. The van der Waals surface area contributed by atoms with E-state index in [-0.39, 0.29) is 29.5 Å². The third-order valence-corrected chi connectivity index (χ3v) is 5.54. The van der Waals surface area contributed by atoms with Gasteiger partial charge in [0.15, 0.2) is 0 Å². The average Bonchev–Trinajstić information content (AvgIpc) is 3.28. The van der Waals surface area contributed by atoms with E-state index in [1.54, 1.807) is 50.6 Å². The molecule has 0 spiro atoms. The molecule has 0 radical (unpaired) electrons. The van der Waals surface area contributed by atoms with Crippen molar-refractivity contribution < 1.29 is 19.1 Å². The number of nitrogens with one attached hydrogen (secondary N) is 1. The van der Waals surface area contributed by atoms with Gasteiger partial charge >= 0.3 is 0 Å². The van der Waals surface area contributed by atoms with Crippen LogP contribution in [0.3, 0.4) is 0 Å². The standard InChI is InChI=1S/C25H20N4O4/c1-32-16-11-15(12-17(13-16)33-2)14-26-22-23(29-21-10-6-5-9-20(21)27-28-29)25(31)19-8-4-3-7-18(19)24(22)30/h3-13,26H,14H2,1-2H3. The first-order valence-corrected chi connectivity index (χ1v) is 10.3. The molecule has 33 heavy (non-hydrogen) atoms. The van der Waals surface area contributed by atoms with Crippen molar-refractivity contribution in [3.05, 3.63) is 89.1 Å². The zero-order valence-electron chi connectivity index (χ0n) is 18.0. The first-order chi connectivity index (χ1) is 16.1. The Bertz CT molecular complexity index is 1420. The largest absolute Gasteiger partial charge is 0.497 e. The fourth-order valence-corrected chi connectivity index (χ4v) is 3.92. The van der Waals surface area contributed by atoms with Crippen LogP contribution in [0.5, 0.6) is 11.5 Å². The van der Waals surface area contributed by atoms with Crippen LogP contribution >= 0.6 is 0 Å². The second kappa shape index (κ2) is 8.23. The zero-order valence-corrected chi connectivity index (χ0v) is 18.0. The number of Topliss-reactive ketones (excluding diaryl/α,β-unsaturated/α-hetero) is 2. The summed E-state index contributed by atoms with van der Waals surface area (Å²) in [6, 6.07) is 19.5. The lowest BCUT2D eigenvalue weighted by atomic mass is 9.90. The number of nitrogens with zero attached hydrogens (tertiary/aromatic N) is 3. The van der Waals surface area contributed by atoms with Gasteiger partial charge < -0.3 is 14.8 Å². The van der Waals surface area contributed by atoms with Crippen molar-refractivity contribution in [1.82, 2.24) is 20.3 Å². The number of aromatic nitrogens is 3. The third kappa shape index (κ3) is 3.51. The number of methoxy groups -OCH3 is 2. The molecule has 1 heterocycles. The van der Waals surface area contributed by atoms with Gasteiger partial charge in [-0.3, -0.25) is 9.59 Å². The molecular weight excluding hydrogens is 420 g/mol. The van der Waals surface area contributed by atoms with Gasteiger partial charge in [-0.1, -0.05) is 41.6 Å². The topological polar surface area (TPSA) is 95.3 Å². The van der Waals surface area contributed by atoms with Gasteiger partial charge in [0, 0.05) is 23.7 Å². The van der Waals surface area contributed by atoms with E-state index in [2.05, 4.69) is 15.6 Å². The molecule has 1 aromatic heterocycles. The summed E-state index contributed by atoms with van der Waals surface area (Å²) in [6.07, 6.45) is 0. The highest BCUT2D eigenvalue weighted by molar-refractivity contribution is 6.37. The molecular formula is C25H20N4O4. The summed E-state index contributed by atoms with van der Waals surface area (Å²) in [5.41, 5.74) is 3.07. The summed E-state index contributed by atoms with van der Waals surface area (Å²) in [6.45, 7) is 0.264. The molecule has 1 aliphatic carbocycles. The molecule has 5 rings (SSSR count). The van der Waals surface area contributed by atoms with Gasteiger partial charge in [0.25, 0.3) is 0 Å². The number of allylic oxidation sites excluding steroid dienone is 2. The van der Waals surface area contributed by atoms with Gasteiger partial charge in [-0.15, -0.1) is 5.10 Å². The number of fused-ring (bicyclic) bond motifs is 2. The molecule has 1 aliphatic rings. The van der Waals surface area contributed by atoms with Crippen LogP contribution in [0.4, 0.5) is 0 Å².